The summed E-state index contributed by atoms with van der Waals surface area (Å²) in [7, 11) is 0. The summed E-state index contributed by atoms with van der Waals surface area (Å²) in [5.41, 5.74) is 4.56. The maximum atomic E-state index is 9.06. The second-order valence-corrected chi connectivity index (χ2v) is 6.01. The van der Waals surface area contributed by atoms with Crippen molar-refractivity contribution in [3.63, 3.8) is 0 Å². The quantitative estimate of drug-likeness (QED) is 0.785. The molecule has 1 aromatic carbocycles. The molecule has 0 unspecified atom stereocenters. The molecule has 0 radical (unpaired) electrons. The Kier molecular flexibility index (Phi) is 6.19. The Morgan fingerprint density at radius 2 is 1.87 bits per heavy atom. The first-order valence-corrected chi connectivity index (χ1v) is 8.11. The summed E-state index contributed by atoms with van der Waals surface area (Å²) in [4.78, 5) is 0. The normalized spacial score (nSPS) is 11.2. The van der Waals surface area contributed by atoms with Crippen LogP contribution in [-0.4, -0.2) is 27.6 Å². The number of nitrogens with one attached hydrogen (secondary N) is 1. The highest BCUT2D eigenvalue weighted by atomic mass is 16.5. The van der Waals surface area contributed by atoms with Gasteiger partial charge in [-0.2, -0.15) is 5.10 Å². The van der Waals surface area contributed by atoms with E-state index in [9.17, 15) is 0 Å². The van der Waals surface area contributed by atoms with Gasteiger partial charge >= 0.3 is 0 Å². The molecule has 2 aromatic rings. The van der Waals surface area contributed by atoms with Gasteiger partial charge in [-0.15, -0.1) is 0 Å². The van der Waals surface area contributed by atoms with Crippen LogP contribution in [0.5, 0.6) is 5.75 Å². The number of aliphatic hydroxyl groups excluding tert-OH is 1. The van der Waals surface area contributed by atoms with Crippen LogP contribution in [0.2, 0.25) is 0 Å². The maximum Gasteiger partial charge on any atom is 0.119 e. The van der Waals surface area contributed by atoms with Crippen molar-refractivity contribution in [1.82, 2.24) is 15.1 Å². The van der Waals surface area contributed by atoms with Crippen molar-refractivity contribution in [3.8, 4) is 5.75 Å². The standard InChI is InChI=1S/C18H27N3O2/c1-13(2)23-17-7-5-16(6-8-17)11-19-12-18-14(3)20-21(9-10-22)15(18)4/h5-8,13,19,22H,9-12H2,1-4H3. The van der Waals surface area contributed by atoms with Crippen LogP contribution in [0.25, 0.3) is 0 Å². The Balaban J connectivity index is 1.90. The summed E-state index contributed by atoms with van der Waals surface area (Å²) >= 11 is 0. The minimum Gasteiger partial charge on any atom is -0.491 e. The lowest BCUT2D eigenvalue weighted by Gasteiger charge is -2.10. The number of hydrogen-bond acceptors (Lipinski definition) is 4. The van der Waals surface area contributed by atoms with E-state index in [2.05, 4.69) is 22.5 Å². The third-order valence-corrected chi connectivity index (χ3v) is 3.77. The molecule has 5 heteroatoms. The SMILES string of the molecule is Cc1nn(CCO)c(C)c1CNCc1ccc(OC(C)C)cc1. The highest BCUT2D eigenvalue weighted by Crippen LogP contribution is 2.15. The molecule has 126 valence electrons. The molecule has 0 bridgehead atoms. The van der Waals surface area contributed by atoms with Crippen LogP contribution in [0.3, 0.4) is 0 Å². The van der Waals surface area contributed by atoms with Crippen molar-refractivity contribution in [2.24, 2.45) is 0 Å². The van der Waals surface area contributed by atoms with E-state index in [0.717, 1.165) is 30.2 Å². The van der Waals surface area contributed by atoms with Crippen molar-refractivity contribution < 1.29 is 9.84 Å². The van der Waals surface area contributed by atoms with Gasteiger partial charge in [-0.05, 0) is 45.4 Å². The van der Waals surface area contributed by atoms with Crippen LogP contribution >= 0.6 is 0 Å². The molecule has 1 aromatic heterocycles. The Hall–Kier alpha value is -1.85. The maximum absolute atomic E-state index is 9.06. The molecule has 0 saturated heterocycles. The van der Waals surface area contributed by atoms with Crippen LogP contribution in [-0.2, 0) is 19.6 Å². The molecule has 2 N–H and O–H groups in total. The van der Waals surface area contributed by atoms with Crippen molar-refractivity contribution in [2.75, 3.05) is 6.61 Å². The predicted molar refractivity (Wildman–Crippen MR) is 91.5 cm³/mol. The average Bonchev–Trinajstić information content (AvgIpc) is 2.76. The molecule has 0 amide bonds. The molecule has 0 fully saturated rings. The fourth-order valence-corrected chi connectivity index (χ4v) is 2.59. The molecule has 0 atom stereocenters. The monoisotopic (exact) mass is 317 g/mol. The minimum atomic E-state index is 0.111. The van der Waals surface area contributed by atoms with Crippen molar-refractivity contribution in [3.05, 3.63) is 46.8 Å². The lowest BCUT2D eigenvalue weighted by molar-refractivity contribution is 0.242. The Morgan fingerprint density at radius 1 is 1.17 bits per heavy atom. The number of hydrogen-bond donors (Lipinski definition) is 2. The van der Waals surface area contributed by atoms with E-state index in [4.69, 9.17) is 9.84 Å². The number of rotatable bonds is 8. The van der Waals surface area contributed by atoms with Gasteiger partial charge in [0.2, 0.25) is 0 Å². The second kappa shape index (κ2) is 8.13. The predicted octanol–water partition coefficient (Wildman–Crippen LogP) is 2.57. The Labute approximate surface area is 138 Å². The van der Waals surface area contributed by atoms with Crippen LogP contribution < -0.4 is 10.1 Å². The molecular formula is C18H27N3O2. The molecule has 1 heterocycles. The Morgan fingerprint density at radius 3 is 2.48 bits per heavy atom. The van der Waals surface area contributed by atoms with Crippen LogP contribution in [0.1, 0.15) is 36.4 Å². The highest BCUT2D eigenvalue weighted by Gasteiger charge is 2.10. The highest BCUT2D eigenvalue weighted by molar-refractivity contribution is 5.28. The van der Waals surface area contributed by atoms with Crippen molar-refractivity contribution >= 4 is 0 Å². The fraction of sp³-hybridized carbons (Fsp3) is 0.500. The second-order valence-electron chi connectivity index (χ2n) is 6.01. The van der Waals surface area contributed by atoms with E-state index in [0.29, 0.717) is 6.54 Å². The molecule has 0 aliphatic carbocycles. The fourth-order valence-electron chi connectivity index (χ4n) is 2.59. The van der Waals surface area contributed by atoms with Gasteiger partial charge in [0.1, 0.15) is 5.75 Å². The van der Waals surface area contributed by atoms with Crippen molar-refractivity contribution in [1.29, 1.82) is 0 Å². The topological polar surface area (TPSA) is 59.3 Å². The van der Waals surface area contributed by atoms with E-state index >= 15 is 0 Å². The first-order chi connectivity index (χ1) is 11.0. The molecule has 5 nitrogen and oxygen atoms in total. The van der Waals surface area contributed by atoms with Gasteiger partial charge in [-0.3, -0.25) is 4.68 Å². The molecule has 0 aliphatic rings. The zero-order valence-electron chi connectivity index (χ0n) is 14.5. The number of aryl methyl sites for hydroxylation is 1. The van der Waals surface area contributed by atoms with Gasteiger partial charge in [0.05, 0.1) is 24.9 Å². The van der Waals surface area contributed by atoms with Gasteiger partial charge in [0.15, 0.2) is 0 Å². The Bertz CT molecular complexity index is 618. The van der Waals surface area contributed by atoms with Gasteiger partial charge in [0.25, 0.3) is 0 Å². The molecule has 23 heavy (non-hydrogen) atoms. The average molecular weight is 317 g/mol. The van der Waals surface area contributed by atoms with Gasteiger partial charge in [-0.1, -0.05) is 12.1 Å². The molecular weight excluding hydrogens is 290 g/mol. The first-order valence-electron chi connectivity index (χ1n) is 8.11. The summed E-state index contributed by atoms with van der Waals surface area (Å²) < 4.78 is 7.51. The van der Waals surface area contributed by atoms with Crippen LogP contribution in [0, 0.1) is 13.8 Å². The van der Waals surface area contributed by atoms with Gasteiger partial charge in [-0.25, -0.2) is 0 Å². The van der Waals surface area contributed by atoms with E-state index in [-0.39, 0.29) is 12.7 Å². The number of aromatic nitrogens is 2. The van der Waals surface area contributed by atoms with Crippen LogP contribution in [0.15, 0.2) is 24.3 Å². The van der Waals surface area contributed by atoms with E-state index in [1.54, 1.807) is 0 Å². The zero-order valence-corrected chi connectivity index (χ0v) is 14.5. The number of nitrogens with zero attached hydrogens (tertiary/aromatic N) is 2. The lowest BCUT2D eigenvalue weighted by Crippen LogP contribution is -2.14. The number of ether oxygens (including phenoxy) is 1. The van der Waals surface area contributed by atoms with E-state index in [1.165, 1.54) is 11.1 Å². The zero-order chi connectivity index (χ0) is 16.8. The first kappa shape index (κ1) is 17.5. The minimum absolute atomic E-state index is 0.111. The molecule has 0 spiro atoms. The number of benzene rings is 1. The lowest BCUT2D eigenvalue weighted by atomic mass is 10.1. The number of aliphatic hydroxyl groups is 1. The smallest absolute Gasteiger partial charge is 0.119 e. The van der Waals surface area contributed by atoms with E-state index < -0.39 is 0 Å². The molecule has 0 aliphatic heterocycles. The largest absolute Gasteiger partial charge is 0.491 e. The summed E-state index contributed by atoms with van der Waals surface area (Å²) in [6.45, 7) is 10.3. The molecule has 0 saturated carbocycles. The third kappa shape index (κ3) is 4.81. The summed E-state index contributed by atoms with van der Waals surface area (Å²) in [5, 5.41) is 17.0. The van der Waals surface area contributed by atoms with E-state index in [1.807, 2.05) is 44.5 Å². The summed E-state index contributed by atoms with van der Waals surface area (Å²) in [6.07, 6.45) is 0.195. The van der Waals surface area contributed by atoms with Gasteiger partial charge in [0, 0.05) is 24.3 Å². The van der Waals surface area contributed by atoms with Crippen LogP contribution in [0.4, 0.5) is 0 Å². The molecule has 2 rings (SSSR count). The summed E-state index contributed by atoms with van der Waals surface area (Å²) in [5.74, 6) is 0.903. The van der Waals surface area contributed by atoms with Gasteiger partial charge < -0.3 is 15.2 Å². The third-order valence-electron chi connectivity index (χ3n) is 3.77. The van der Waals surface area contributed by atoms with Crippen molar-refractivity contribution in [2.45, 2.75) is 53.4 Å². The summed E-state index contributed by atoms with van der Waals surface area (Å²) in [6, 6.07) is 8.18.